The molecule has 8 nitrogen and oxygen atoms in total. The second-order valence-corrected chi connectivity index (χ2v) is 6.91. The Bertz CT molecular complexity index is 415. The number of carbonyl (C=O) groups excluding carboxylic acids is 2. The third-order valence-corrected chi connectivity index (χ3v) is 4.45. The van der Waals surface area contributed by atoms with Gasteiger partial charge in [0.25, 0.3) is 0 Å². The third kappa shape index (κ3) is 14.5. The SMILES string of the molecule is COC(=O)C1CCOCCCOCCCOCCCOCCCOCCCC1=O. The van der Waals surface area contributed by atoms with Crippen molar-refractivity contribution in [2.75, 3.05) is 73.2 Å². The highest BCUT2D eigenvalue weighted by molar-refractivity contribution is 5.98. The van der Waals surface area contributed by atoms with Gasteiger partial charge in [-0.25, -0.2) is 0 Å². The normalized spacial score (nSPS) is 24.3. The first-order chi connectivity index (χ1) is 14.3. The van der Waals surface area contributed by atoms with Crippen LogP contribution in [0.4, 0.5) is 0 Å². The van der Waals surface area contributed by atoms with Crippen LogP contribution in [0.5, 0.6) is 0 Å². The molecule has 1 rings (SSSR count). The molecule has 0 saturated carbocycles. The summed E-state index contributed by atoms with van der Waals surface area (Å²) in [5.41, 5.74) is 0. The largest absolute Gasteiger partial charge is 0.468 e. The molecule has 8 heteroatoms. The Balaban J connectivity index is 2.33. The molecule has 1 unspecified atom stereocenters. The third-order valence-electron chi connectivity index (χ3n) is 4.45. The number of hydrogen-bond donors (Lipinski definition) is 0. The number of rotatable bonds is 1. The summed E-state index contributed by atoms with van der Waals surface area (Å²) < 4.78 is 32.5. The van der Waals surface area contributed by atoms with Gasteiger partial charge in [-0.2, -0.15) is 0 Å². The average Bonchev–Trinajstić information content (AvgIpc) is 2.73. The van der Waals surface area contributed by atoms with Crippen LogP contribution < -0.4 is 0 Å². The maximum atomic E-state index is 12.4. The molecule has 1 aliphatic heterocycles. The van der Waals surface area contributed by atoms with E-state index in [1.807, 2.05) is 0 Å². The minimum atomic E-state index is -0.768. The first kappa shape index (κ1) is 26.0. The molecular weight excluding hydrogens is 380 g/mol. The Hall–Kier alpha value is -1.06. The quantitative estimate of drug-likeness (QED) is 0.473. The number of carbonyl (C=O) groups is 2. The summed E-state index contributed by atoms with van der Waals surface area (Å²) in [6, 6.07) is 0. The topological polar surface area (TPSA) is 89.5 Å². The van der Waals surface area contributed by atoms with E-state index in [1.54, 1.807) is 0 Å². The molecule has 0 aromatic rings. The second-order valence-electron chi connectivity index (χ2n) is 6.91. The fourth-order valence-corrected chi connectivity index (χ4v) is 2.84. The van der Waals surface area contributed by atoms with E-state index in [9.17, 15) is 9.59 Å². The van der Waals surface area contributed by atoms with Crippen molar-refractivity contribution in [3.63, 3.8) is 0 Å². The molecule has 1 aliphatic rings. The number of esters is 1. The maximum Gasteiger partial charge on any atom is 0.316 e. The Morgan fingerprint density at radius 3 is 1.48 bits per heavy atom. The Morgan fingerprint density at radius 2 is 1.07 bits per heavy atom. The number of Topliss-reactive ketones (excluding diaryl/α,β-unsaturated/α-hetero) is 1. The number of methoxy groups -OCH3 is 1. The van der Waals surface area contributed by atoms with Gasteiger partial charge in [0.15, 0.2) is 0 Å². The molecule has 0 aromatic carbocycles. The van der Waals surface area contributed by atoms with Crippen molar-refractivity contribution in [1.29, 1.82) is 0 Å². The summed E-state index contributed by atoms with van der Waals surface area (Å²) in [5.74, 6) is -1.38. The van der Waals surface area contributed by atoms with Crippen LogP contribution >= 0.6 is 0 Å². The van der Waals surface area contributed by atoms with Crippen LogP contribution in [0.2, 0.25) is 0 Å². The predicted octanol–water partition coefficient (Wildman–Crippen LogP) is 2.17. The van der Waals surface area contributed by atoms with Gasteiger partial charge in [0, 0.05) is 72.5 Å². The molecule has 0 aliphatic carbocycles. The number of hydrogen-bond acceptors (Lipinski definition) is 8. The smallest absolute Gasteiger partial charge is 0.316 e. The first-order valence-corrected chi connectivity index (χ1v) is 10.7. The summed E-state index contributed by atoms with van der Waals surface area (Å²) in [7, 11) is 1.30. The van der Waals surface area contributed by atoms with Crippen molar-refractivity contribution >= 4 is 11.8 Å². The van der Waals surface area contributed by atoms with E-state index in [1.165, 1.54) is 7.11 Å². The van der Waals surface area contributed by atoms with Crippen LogP contribution in [0.25, 0.3) is 0 Å². The van der Waals surface area contributed by atoms with Gasteiger partial charge >= 0.3 is 5.97 Å². The highest BCUT2D eigenvalue weighted by atomic mass is 16.5. The highest BCUT2D eigenvalue weighted by Gasteiger charge is 2.26. The molecule has 0 N–H and O–H groups in total. The molecule has 0 radical (unpaired) electrons. The van der Waals surface area contributed by atoms with E-state index in [2.05, 4.69) is 0 Å². The summed E-state index contributed by atoms with van der Waals surface area (Å²) in [6.07, 6.45) is 4.54. The van der Waals surface area contributed by atoms with Gasteiger partial charge < -0.3 is 28.4 Å². The fraction of sp³-hybridized carbons (Fsp3) is 0.905. The van der Waals surface area contributed by atoms with Crippen LogP contribution in [-0.2, 0) is 38.0 Å². The molecule has 0 aromatic heterocycles. The minimum absolute atomic E-state index is 0.118. The zero-order valence-electron chi connectivity index (χ0n) is 17.9. The average molecular weight is 419 g/mol. The predicted molar refractivity (Wildman–Crippen MR) is 107 cm³/mol. The van der Waals surface area contributed by atoms with Crippen LogP contribution in [-0.4, -0.2) is 84.9 Å². The summed E-state index contributed by atoms with van der Waals surface area (Å²) in [4.78, 5) is 24.3. The Labute approximate surface area is 174 Å². The van der Waals surface area contributed by atoms with Gasteiger partial charge in [-0.05, 0) is 38.5 Å². The molecule has 0 amide bonds. The van der Waals surface area contributed by atoms with Gasteiger partial charge in [-0.3, -0.25) is 9.59 Å². The zero-order chi connectivity index (χ0) is 21.0. The van der Waals surface area contributed by atoms with Crippen LogP contribution in [0.15, 0.2) is 0 Å². The van der Waals surface area contributed by atoms with Crippen molar-refractivity contribution in [2.24, 2.45) is 5.92 Å². The van der Waals surface area contributed by atoms with Gasteiger partial charge in [0.1, 0.15) is 11.7 Å². The molecular formula is C21H38O8. The summed E-state index contributed by atoms with van der Waals surface area (Å²) in [6.45, 7) is 5.96. The van der Waals surface area contributed by atoms with E-state index in [4.69, 9.17) is 28.4 Å². The molecule has 1 fully saturated rings. The minimum Gasteiger partial charge on any atom is -0.468 e. The monoisotopic (exact) mass is 418 g/mol. The van der Waals surface area contributed by atoms with Crippen molar-refractivity contribution in [3.8, 4) is 0 Å². The van der Waals surface area contributed by atoms with Crippen molar-refractivity contribution in [1.82, 2.24) is 0 Å². The van der Waals surface area contributed by atoms with Crippen LogP contribution in [0.1, 0.15) is 44.9 Å². The van der Waals surface area contributed by atoms with Crippen molar-refractivity contribution in [3.05, 3.63) is 0 Å². The standard InChI is InChI=1S/C21H38O8/c1-24-21(23)19-8-18-29-17-6-16-28-15-5-14-27-13-4-12-26-11-3-10-25-9-2-7-20(19)22/h19H,2-18H2,1H3. The van der Waals surface area contributed by atoms with Gasteiger partial charge in [-0.1, -0.05) is 0 Å². The number of ether oxygens (including phenoxy) is 6. The maximum absolute atomic E-state index is 12.4. The molecule has 0 bridgehead atoms. The lowest BCUT2D eigenvalue weighted by molar-refractivity contribution is -0.150. The second kappa shape index (κ2) is 18.9. The van der Waals surface area contributed by atoms with Gasteiger partial charge in [0.2, 0.25) is 0 Å². The lowest BCUT2D eigenvalue weighted by Gasteiger charge is -2.14. The van der Waals surface area contributed by atoms with Gasteiger partial charge in [-0.15, -0.1) is 0 Å². The molecule has 1 saturated heterocycles. The van der Waals surface area contributed by atoms with E-state index in [-0.39, 0.29) is 5.78 Å². The lowest BCUT2D eigenvalue weighted by atomic mass is 9.97. The van der Waals surface area contributed by atoms with E-state index in [0.29, 0.717) is 85.3 Å². The molecule has 29 heavy (non-hydrogen) atoms. The number of ketones is 1. The van der Waals surface area contributed by atoms with Crippen LogP contribution in [0, 0.1) is 5.92 Å². The Kier molecular flexibility index (Phi) is 17.0. The molecule has 170 valence electrons. The summed E-state index contributed by atoms with van der Waals surface area (Å²) in [5, 5.41) is 0. The Morgan fingerprint density at radius 1 is 0.690 bits per heavy atom. The van der Waals surface area contributed by atoms with Crippen molar-refractivity contribution < 1.29 is 38.0 Å². The van der Waals surface area contributed by atoms with Crippen LogP contribution in [0.3, 0.4) is 0 Å². The first-order valence-electron chi connectivity index (χ1n) is 10.7. The lowest BCUT2D eigenvalue weighted by Crippen LogP contribution is -2.27. The fourth-order valence-electron chi connectivity index (χ4n) is 2.84. The molecule has 1 atom stereocenters. The van der Waals surface area contributed by atoms with Gasteiger partial charge in [0.05, 0.1) is 7.11 Å². The highest BCUT2D eigenvalue weighted by Crippen LogP contribution is 2.12. The van der Waals surface area contributed by atoms with Crippen molar-refractivity contribution in [2.45, 2.75) is 44.9 Å². The summed E-state index contributed by atoms with van der Waals surface area (Å²) >= 11 is 0. The van der Waals surface area contributed by atoms with E-state index in [0.717, 1.165) is 25.7 Å². The molecule has 0 spiro atoms. The van der Waals surface area contributed by atoms with E-state index >= 15 is 0 Å². The van der Waals surface area contributed by atoms with E-state index < -0.39 is 11.9 Å². The molecule has 1 heterocycles. The zero-order valence-corrected chi connectivity index (χ0v) is 17.9.